The summed E-state index contributed by atoms with van der Waals surface area (Å²) in [4.78, 5) is 4.04. The number of aromatic nitrogens is 2. The molecule has 2 atom stereocenters. The van der Waals surface area contributed by atoms with Crippen molar-refractivity contribution in [1.82, 2.24) is 14.4 Å². The van der Waals surface area contributed by atoms with Crippen LogP contribution >= 0.6 is 23.2 Å². The third-order valence-corrected chi connectivity index (χ3v) is 6.56. The van der Waals surface area contributed by atoms with Gasteiger partial charge in [0.2, 0.25) is 15.9 Å². The first kappa shape index (κ1) is 17.6. The van der Waals surface area contributed by atoms with E-state index in [1.807, 2.05) is 0 Å². The Hall–Kier alpha value is -1.19. The second-order valence-corrected chi connectivity index (χ2v) is 8.38. The van der Waals surface area contributed by atoms with Crippen LogP contribution in [-0.2, 0) is 10.0 Å². The second kappa shape index (κ2) is 6.27. The molecular formula is C14H15Cl2N3O4S. The summed E-state index contributed by atoms with van der Waals surface area (Å²) >= 11 is 12.1. The van der Waals surface area contributed by atoms with Gasteiger partial charge in [-0.3, -0.25) is 0 Å². The fourth-order valence-corrected chi connectivity index (χ4v) is 4.93. The molecule has 2 aromatic rings. The van der Waals surface area contributed by atoms with Crippen molar-refractivity contribution in [3.8, 4) is 0 Å². The lowest BCUT2D eigenvalue weighted by Crippen LogP contribution is -2.32. The Morgan fingerprint density at radius 1 is 1.29 bits per heavy atom. The summed E-state index contributed by atoms with van der Waals surface area (Å²) in [6.45, 7) is 3.26. The second-order valence-electron chi connectivity index (χ2n) is 5.67. The Bertz CT molecular complexity index is 861. The predicted molar refractivity (Wildman–Crippen MR) is 87.5 cm³/mol. The van der Waals surface area contributed by atoms with Gasteiger partial charge in [0, 0.05) is 23.0 Å². The highest BCUT2D eigenvalue weighted by atomic mass is 35.5. The molecule has 7 nitrogen and oxygen atoms in total. The quantitative estimate of drug-likeness (QED) is 0.862. The van der Waals surface area contributed by atoms with Gasteiger partial charge in [0.05, 0.1) is 11.0 Å². The lowest BCUT2D eigenvalue weighted by molar-refractivity contribution is 0.188. The summed E-state index contributed by atoms with van der Waals surface area (Å²) in [7, 11) is -3.94. The third-order valence-electron chi connectivity index (χ3n) is 3.92. The molecule has 24 heavy (non-hydrogen) atoms. The summed E-state index contributed by atoms with van der Waals surface area (Å²) in [5, 5.41) is 14.1. The van der Waals surface area contributed by atoms with E-state index in [1.54, 1.807) is 13.8 Å². The van der Waals surface area contributed by atoms with Crippen molar-refractivity contribution in [3.63, 3.8) is 0 Å². The highest BCUT2D eigenvalue weighted by Crippen LogP contribution is 2.37. The first-order chi connectivity index (χ1) is 11.2. The molecule has 1 aromatic heterocycles. The number of β-amino-alcohol motifs (C(OH)–C–C–N with tert-alkyl or cyclic N) is 1. The smallest absolute Gasteiger partial charge is 0.245 e. The average molecular weight is 392 g/mol. The largest absolute Gasteiger partial charge is 0.392 e. The summed E-state index contributed by atoms with van der Waals surface area (Å²) in [6.07, 6.45) is -0.651. The van der Waals surface area contributed by atoms with Gasteiger partial charge in [0.25, 0.3) is 0 Å². The first-order valence-electron chi connectivity index (χ1n) is 7.16. The van der Waals surface area contributed by atoms with Crippen molar-refractivity contribution < 1.29 is 18.0 Å². The van der Waals surface area contributed by atoms with Gasteiger partial charge in [0.15, 0.2) is 5.82 Å². The SMILES string of the molecule is Cc1noc([C@H]2C[C@H](O)CN2S(=O)(=O)c2cc(Cl)c(C)c(Cl)c2)n1. The van der Waals surface area contributed by atoms with Crippen LogP contribution in [0.15, 0.2) is 21.6 Å². The molecule has 0 radical (unpaired) electrons. The van der Waals surface area contributed by atoms with E-state index in [9.17, 15) is 13.5 Å². The number of halogens is 2. The molecule has 1 aliphatic heterocycles. The van der Waals surface area contributed by atoms with Gasteiger partial charge in [-0.1, -0.05) is 28.4 Å². The number of hydrogen-bond acceptors (Lipinski definition) is 6. The maximum atomic E-state index is 13.0. The van der Waals surface area contributed by atoms with E-state index in [0.717, 1.165) is 4.31 Å². The molecule has 130 valence electrons. The molecule has 1 fully saturated rings. The highest BCUT2D eigenvalue weighted by Gasteiger charge is 2.43. The number of aliphatic hydroxyl groups excluding tert-OH is 1. The molecular weight excluding hydrogens is 377 g/mol. The zero-order chi connectivity index (χ0) is 17.6. The minimum Gasteiger partial charge on any atom is -0.392 e. The fraction of sp³-hybridized carbons (Fsp3) is 0.429. The van der Waals surface area contributed by atoms with E-state index < -0.39 is 22.2 Å². The van der Waals surface area contributed by atoms with Crippen LogP contribution in [0.2, 0.25) is 10.0 Å². The number of benzene rings is 1. The zero-order valence-electron chi connectivity index (χ0n) is 12.9. The van der Waals surface area contributed by atoms with Crippen LogP contribution in [0.3, 0.4) is 0 Å². The summed E-state index contributed by atoms with van der Waals surface area (Å²) in [6, 6.07) is 1.96. The summed E-state index contributed by atoms with van der Waals surface area (Å²) < 4.78 is 32.2. The Labute approximate surface area is 149 Å². The van der Waals surface area contributed by atoms with Gasteiger partial charge in [-0.25, -0.2) is 8.42 Å². The molecule has 0 spiro atoms. The molecule has 1 aliphatic rings. The molecule has 1 aromatic carbocycles. The molecule has 10 heteroatoms. The molecule has 0 unspecified atom stereocenters. The van der Waals surface area contributed by atoms with Crippen molar-refractivity contribution >= 4 is 33.2 Å². The maximum absolute atomic E-state index is 13.0. The van der Waals surface area contributed by atoms with E-state index >= 15 is 0 Å². The Morgan fingerprint density at radius 2 is 1.92 bits per heavy atom. The van der Waals surface area contributed by atoms with Crippen LogP contribution in [0.4, 0.5) is 0 Å². The predicted octanol–water partition coefficient (Wildman–Crippen LogP) is 2.49. The average Bonchev–Trinajstić information content (AvgIpc) is 3.10. The third kappa shape index (κ3) is 3.04. The molecule has 1 saturated heterocycles. The number of aliphatic hydroxyl groups is 1. The van der Waals surface area contributed by atoms with Gasteiger partial charge in [-0.05, 0) is 31.5 Å². The highest BCUT2D eigenvalue weighted by molar-refractivity contribution is 7.89. The molecule has 0 aliphatic carbocycles. The van der Waals surface area contributed by atoms with Gasteiger partial charge in [-0.15, -0.1) is 0 Å². The zero-order valence-corrected chi connectivity index (χ0v) is 15.2. The van der Waals surface area contributed by atoms with Gasteiger partial charge < -0.3 is 9.63 Å². The van der Waals surface area contributed by atoms with Crippen molar-refractivity contribution in [2.24, 2.45) is 0 Å². The van der Waals surface area contributed by atoms with Gasteiger partial charge in [-0.2, -0.15) is 9.29 Å². The monoisotopic (exact) mass is 391 g/mol. The normalized spacial score (nSPS) is 22.2. The van der Waals surface area contributed by atoms with E-state index in [1.165, 1.54) is 12.1 Å². The first-order valence-corrected chi connectivity index (χ1v) is 9.35. The molecule has 2 heterocycles. The number of hydrogen-bond donors (Lipinski definition) is 1. The maximum Gasteiger partial charge on any atom is 0.245 e. The van der Waals surface area contributed by atoms with Gasteiger partial charge >= 0.3 is 0 Å². The number of nitrogens with zero attached hydrogens (tertiary/aromatic N) is 3. The van der Waals surface area contributed by atoms with E-state index in [2.05, 4.69) is 10.1 Å². The Kier molecular flexibility index (Phi) is 4.61. The summed E-state index contributed by atoms with van der Waals surface area (Å²) in [5.41, 5.74) is 0.600. The van der Waals surface area contributed by atoms with Crippen LogP contribution in [0.5, 0.6) is 0 Å². The van der Waals surface area contributed by atoms with Crippen LogP contribution in [0.1, 0.15) is 29.7 Å². The minimum absolute atomic E-state index is 0.0431. The minimum atomic E-state index is -3.94. The van der Waals surface area contributed by atoms with Crippen LogP contribution in [-0.4, -0.2) is 40.6 Å². The number of aryl methyl sites for hydroxylation is 1. The van der Waals surface area contributed by atoms with Crippen LogP contribution in [0, 0.1) is 13.8 Å². The molecule has 0 amide bonds. The van der Waals surface area contributed by atoms with Crippen molar-refractivity contribution in [3.05, 3.63) is 39.5 Å². The lowest BCUT2D eigenvalue weighted by Gasteiger charge is -2.21. The van der Waals surface area contributed by atoms with Gasteiger partial charge in [0.1, 0.15) is 6.04 Å². The fourth-order valence-electron chi connectivity index (χ4n) is 2.63. The summed E-state index contributed by atoms with van der Waals surface area (Å²) in [5.74, 6) is 0.544. The van der Waals surface area contributed by atoms with Crippen LogP contribution in [0.25, 0.3) is 0 Å². The van der Waals surface area contributed by atoms with Crippen LogP contribution < -0.4 is 0 Å². The standard InChI is InChI=1S/C14H15Cl2N3O4S/c1-7-11(15)4-10(5-12(7)16)24(21,22)19-6-9(20)3-13(19)14-17-8(2)18-23-14/h4-5,9,13,20H,3,6H2,1-2H3/t9-,13+/m0/s1. The molecule has 0 saturated carbocycles. The number of rotatable bonds is 3. The molecule has 1 N–H and O–H groups in total. The van der Waals surface area contributed by atoms with E-state index in [0.29, 0.717) is 11.4 Å². The Morgan fingerprint density at radius 3 is 2.46 bits per heavy atom. The Balaban J connectivity index is 2.04. The van der Waals surface area contributed by atoms with E-state index in [-0.39, 0.29) is 33.8 Å². The van der Waals surface area contributed by atoms with E-state index in [4.69, 9.17) is 27.7 Å². The molecule has 3 rings (SSSR count). The number of sulfonamides is 1. The van der Waals surface area contributed by atoms with Crippen molar-refractivity contribution in [2.45, 2.75) is 37.3 Å². The molecule has 0 bridgehead atoms. The lowest BCUT2D eigenvalue weighted by atomic mass is 10.2. The van der Waals surface area contributed by atoms with Crippen molar-refractivity contribution in [2.75, 3.05) is 6.54 Å². The topological polar surface area (TPSA) is 96.5 Å². The van der Waals surface area contributed by atoms with Crippen molar-refractivity contribution in [1.29, 1.82) is 0 Å².